The lowest BCUT2D eigenvalue weighted by Gasteiger charge is -2.25. The molecule has 0 atom stereocenters. The van der Waals surface area contributed by atoms with E-state index < -0.39 is 0 Å². The highest BCUT2D eigenvalue weighted by molar-refractivity contribution is 5.91. The second-order valence-corrected chi connectivity index (χ2v) is 5.83. The van der Waals surface area contributed by atoms with E-state index in [2.05, 4.69) is 5.32 Å². The van der Waals surface area contributed by atoms with Gasteiger partial charge in [-0.2, -0.15) is 0 Å². The van der Waals surface area contributed by atoms with Crippen molar-refractivity contribution in [3.8, 4) is 5.75 Å². The SMILES string of the molecule is Cc1ccccc1OCc1ccc(C(=O)NCC2CCC2)o1. The van der Waals surface area contributed by atoms with Crippen LogP contribution in [-0.4, -0.2) is 12.5 Å². The molecule has 3 rings (SSSR count). The van der Waals surface area contributed by atoms with Gasteiger partial charge in [0.15, 0.2) is 5.76 Å². The van der Waals surface area contributed by atoms with E-state index in [-0.39, 0.29) is 5.91 Å². The van der Waals surface area contributed by atoms with Gasteiger partial charge in [-0.15, -0.1) is 0 Å². The summed E-state index contributed by atoms with van der Waals surface area (Å²) < 4.78 is 11.3. The zero-order valence-electron chi connectivity index (χ0n) is 12.8. The molecule has 1 saturated carbocycles. The zero-order chi connectivity index (χ0) is 15.4. The number of benzene rings is 1. The van der Waals surface area contributed by atoms with Crippen LogP contribution < -0.4 is 10.1 Å². The molecule has 0 aliphatic heterocycles. The molecule has 2 aromatic rings. The van der Waals surface area contributed by atoms with E-state index in [4.69, 9.17) is 9.15 Å². The van der Waals surface area contributed by atoms with Gasteiger partial charge in [0.25, 0.3) is 5.91 Å². The molecule has 1 heterocycles. The molecule has 0 saturated heterocycles. The van der Waals surface area contributed by atoms with Gasteiger partial charge in [-0.05, 0) is 49.4 Å². The summed E-state index contributed by atoms with van der Waals surface area (Å²) in [7, 11) is 0. The van der Waals surface area contributed by atoms with Crippen molar-refractivity contribution in [3.05, 3.63) is 53.5 Å². The molecule has 0 radical (unpaired) electrons. The summed E-state index contributed by atoms with van der Waals surface area (Å²) in [5.74, 6) is 2.33. The van der Waals surface area contributed by atoms with Crippen LogP contribution in [0.25, 0.3) is 0 Å². The third-order valence-corrected chi connectivity index (χ3v) is 4.13. The lowest BCUT2D eigenvalue weighted by molar-refractivity contribution is 0.0907. The van der Waals surface area contributed by atoms with E-state index >= 15 is 0 Å². The largest absolute Gasteiger partial charge is 0.485 e. The average Bonchev–Trinajstić information content (AvgIpc) is 2.93. The summed E-state index contributed by atoms with van der Waals surface area (Å²) in [5.41, 5.74) is 1.08. The third kappa shape index (κ3) is 3.50. The Hall–Kier alpha value is -2.23. The molecule has 1 aliphatic rings. The van der Waals surface area contributed by atoms with Crippen molar-refractivity contribution in [2.45, 2.75) is 32.8 Å². The summed E-state index contributed by atoms with van der Waals surface area (Å²) in [5, 5.41) is 2.92. The van der Waals surface area contributed by atoms with Crippen LogP contribution in [0.15, 0.2) is 40.8 Å². The van der Waals surface area contributed by atoms with Gasteiger partial charge in [0, 0.05) is 6.54 Å². The molecule has 1 aliphatic carbocycles. The molecule has 4 heteroatoms. The number of ether oxygens (including phenoxy) is 1. The number of hydrogen-bond acceptors (Lipinski definition) is 3. The second-order valence-electron chi connectivity index (χ2n) is 5.83. The van der Waals surface area contributed by atoms with Gasteiger partial charge in [-0.1, -0.05) is 24.6 Å². The minimum atomic E-state index is -0.144. The fourth-order valence-corrected chi connectivity index (χ4v) is 2.47. The molecule has 0 unspecified atom stereocenters. The summed E-state index contributed by atoms with van der Waals surface area (Å²) in [6, 6.07) is 11.3. The molecule has 1 aromatic carbocycles. The summed E-state index contributed by atoms with van der Waals surface area (Å²) in [4.78, 5) is 12.0. The summed E-state index contributed by atoms with van der Waals surface area (Å²) in [6.07, 6.45) is 3.71. The number of hydrogen-bond donors (Lipinski definition) is 1. The molecule has 1 N–H and O–H groups in total. The van der Waals surface area contributed by atoms with Crippen LogP contribution in [0, 0.1) is 12.8 Å². The topological polar surface area (TPSA) is 51.5 Å². The summed E-state index contributed by atoms with van der Waals surface area (Å²) in [6.45, 7) is 3.06. The van der Waals surface area contributed by atoms with E-state index in [1.54, 1.807) is 12.1 Å². The van der Waals surface area contributed by atoms with Crippen LogP contribution in [-0.2, 0) is 6.61 Å². The van der Waals surface area contributed by atoms with E-state index in [1.165, 1.54) is 19.3 Å². The fraction of sp³-hybridized carbons (Fsp3) is 0.389. The number of rotatable bonds is 6. The van der Waals surface area contributed by atoms with Gasteiger partial charge in [0.1, 0.15) is 18.1 Å². The van der Waals surface area contributed by atoms with Crippen LogP contribution in [0.5, 0.6) is 5.75 Å². The predicted molar refractivity (Wildman–Crippen MR) is 83.9 cm³/mol. The lowest BCUT2D eigenvalue weighted by atomic mass is 9.85. The molecule has 1 fully saturated rings. The first kappa shape index (κ1) is 14.7. The van der Waals surface area contributed by atoms with Gasteiger partial charge >= 0.3 is 0 Å². The van der Waals surface area contributed by atoms with Gasteiger partial charge in [0.05, 0.1) is 0 Å². The minimum Gasteiger partial charge on any atom is -0.485 e. The second kappa shape index (κ2) is 6.69. The van der Waals surface area contributed by atoms with E-state index in [1.807, 2.05) is 31.2 Å². The predicted octanol–water partition coefficient (Wildman–Crippen LogP) is 3.70. The van der Waals surface area contributed by atoms with Crippen LogP contribution in [0.1, 0.15) is 41.1 Å². The van der Waals surface area contributed by atoms with Gasteiger partial charge in [0.2, 0.25) is 0 Å². The van der Waals surface area contributed by atoms with Crippen LogP contribution in [0.2, 0.25) is 0 Å². The van der Waals surface area contributed by atoms with Crippen LogP contribution in [0.4, 0.5) is 0 Å². The fourth-order valence-electron chi connectivity index (χ4n) is 2.47. The zero-order valence-corrected chi connectivity index (χ0v) is 12.8. The monoisotopic (exact) mass is 299 g/mol. The van der Waals surface area contributed by atoms with Crippen molar-refractivity contribution in [1.82, 2.24) is 5.32 Å². The Morgan fingerprint density at radius 3 is 2.82 bits per heavy atom. The standard InChI is InChI=1S/C18H21NO3/c1-13-5-2-3-8-16(13)21-12-15-9-10-17(22-15)18(20)19-11-14-6-4-7-14/h2-3,5,8-10,14H,4,6-7,11-12H2,1H3,(H,19,20). The maximum atomic E-state index is 12.0. The number of para-hydroxylation sites is 1. The van der Waals surface area contributed by atoms with Crippen LogP contribution in [0.3, 0.4) is 0 Å². The van der Waals surface area contributed by atoms with Crippen molar-refractivity contribution < 1.29 is 13.9 Å². The molecule has 4 nitrogen and oxygen atoms in total. The quantitative estimate of drug-likeness (QED) is 0.885. The maximum Gasteiger partial charge on any atom is 0.287 e. The van der Waals surface area contributed by atoms with E-state index in [0.717, 1.165) is 17.9 Å². The number of carbonyl (C=O) groups excluding carboxylic acids is 1. The Morgan fingerprint density at radius 1 is 1.27 bits per heavy atom. The lowest BCUT2D eigenvalue weighted by Crippen LogP contribution is -2.31. The first-order valence-corrected chi connectivity index (χ1v) is 7.78. The minimum absolute atomic E-state index is 0.144. The molecule has 116 valence electrons. The highest BCUT2D eigenvalue weighted by Gasteiger charge is 2.19. The van der Waals surface area contributed by atoms with Gasteiger partial charge < -0.3 is 14.5 Å². The molecule has 0 bridgehead atoms. The van der Waals surface area contributed by atoms with Crippen molar-refractivity contribution in [1.29, 1.82) is 0 Å². The molecule has 1 amide bonds. The Kier molecular flexibility index (Phi) is 4.47. The number of nitrogens with one attached hydrogen (secondary N) is 1. The Morgan fingerprint density at radius 2 is 2.09 bits per heavy atom. The molecular formula is C18H21NO3. The number of amides is 1. The maximum absolute atomic E-state index is 12.0. The molecule has 22 heavy (non-hydrogen) atoms. The smallest absolute Gasteiger partial charge is 0.287 e. The summed E-state index contributed by atoms with van der Waals surface area (Å²) >= 11 is 0. The van der Waals surface area contributed by atoms with Gasteiger partial charge in [-0.25, -0.2) is 0 Å². The van der Waals surface area contributed by atoms with E-state index in [0.29, 0.717) is 24.0 Å². The van der Waals surface area contributed by atoms with Crippen LogP contribution >= 0.6 is 0 Å². The normalized spacial score (nSPS) is 14.4. The Balaban J connectivity index is 1.52. The van der Waals surface area contributed by atoms with Crippen molar-refractivity contribution in [2.24, 2.45) is 5.92 Å². The van der Waals surface area contributed by atoms with Gasteiger partial charge in [-0.3, -0.25) is 4.79 Å². The highest BCUT2D eigenvalue weighted by atomic mass is 16.5. The first-order valence-electron chi connectivity index (χ1n) is 7.78. The number of furan rings is 1. The third-order valence-electron chi connectivity index (χ3n) is 4.13. The van der Waals surface area contributed by atoms with Crippen molar-refractivity contribution in [2.75, 3.05) is 6.54 Å². The van der Waals surface area contributed by atoms with Crippen molar-refractivity contribution >= 4 is 5.91 Å². The Labute approximate surface area is 130 Å². The first-order chi connectivity index (χ1) is 10.7. The van der Waals surface area contributed by atoms with Crippen molar-refractivity contribution in [3.63, 3.8) is 0 Å². The molecular weight excluding hydrogens is 278 g/mol. The Bertz CT molecular complexity index is 643. The number of carbonyl (C=O) groups is 1. The number of aryl methyl sites for hydroxylation is 1. The molecule has 1 aromatic heterocycles. The average molecular weight is 299 g/mol. The molecule has 0 spiro atoms. The van der Waals surface area contributed by atoms with E-state index in [9.17, 15) is 4.79 Å². The highest BCUT2D eigenvalue weighted by Crippen LogP contribution is 2.25.